The number of carbonyl (C=O) groups is 1. The Bertz CT molecular complexity index is 254. The summed E-state index contributed by atoms with van der Waals surface area (Å²) in [6.45, 7) is 0. The fourth-order valence-electron chi connectivity index (χ4n) is 0.872. The first-order chi connectivity index (χ1) is 5.70. The van der Waals surface area contributed by atoms with Crippen LogP contribution in [-0.4, -0.2) is 24.9 Å². The van der Waals surface area contributed by atoms with E-state index in [9.17, 15) is 4.79 Å². The van der Waals surface area contributed by atoms with Gasteiger partial charge in [0.2, 0.25) is 5.91 Å². The van der Waals surface area contributed by atoms with Crippen LogP contribution in [0.1, 0.15) is 5.56 Å². The van der Waals surface area contributed by atoms with E-state index in [0.29, 0.717) is 6.42 Å². The molecule has 0 aliphatic heterocycles. The number of benzene rings is 1. The van der Waals surface area contributed by atoms with Gasteiger partial charge in [-0.2, -0.15) is 0 Å². The van der Waals surface area contributed by atoms with E-state index in [2.05, 4.69) is 6.07 Å². The summed E-state index contributed by atoms with van der Waals surface area (Å²) in [5.74, 6) is 0.126. The van der Waals surface area contributed by atoms with Crippen LogP contribution in [0.4, 0.5) is 0 Å². The van der Waals surface area contributed by atoms with Crippen LogP contribution in [0.25, 0.3) is 0 Å². The minimum Gasteiger partial charge on any atom is -0.349 e. The number of likely N-dealkylation sites (N-methyl/N-ethyl adjacent to an activating group) is 1. The van der Waals surface area contributed by atoms with E-state index in [1.165, 1.54) is 0 Å². The smallest absolute Gasteiger partial charge is 0.226 e. The van der Waals surface area contributed by atoms with E-state index in [4.69, 9.17) is 0 Å². The van der Waals surface area contributed by atoms with Gasteiger partial charge in [0.05, 0.1) is 6.42 Å². The predicted octanol–water partition coefficient (Wildman–Crippen LogP) is 1.12. The standard InChI is InChI=1S/C10H12NO/c1-11(2)10(12)8-9-6-4-3-5-7-9/h4-7H,8H2,1-2H3. The van der Waals surface area contributed by atoms with Crippen molar-refractivity contribution < 1.29 is 4.79 Å². The highest BCUT2D eigenvalue weighted by Gasteiger charge is 2.03. The molecule has 2 heteroatoms. The highest BCUT2D eigenvalue weighted by molar-refractivity contribution is 5.78. The second-order valence-electron chi connectivity index (χ2n) is 2.87. The zero-order valence-corrected chi connectivity index (χ0v) is 7.37. The Morgan fingerprint density at radius 1 is 1.42 bits per heavy atom. The minimum atomic E-state index is 0.126. The highest BCUT2D eigenvalue weighted by Crippen LogP contribution is 2.00. The average Bonchev–Trinajstić information content (AvgIpc) is 2.06. The maximum Gasteiger partial charge on any atom is 0.226 e. The number of rotatable bonds is 2. The van der Waals surface area contributed by atoms with Crippen LogP contribution in [0.2, 0.25) is 0 Å². The molecule has 1 rings (SSSR count). The summed E-state index contributed by atoms with van der Waals surface area (Å²) in [4.78, 5) is 12.8. The Morgan fingerprint density at radius 2 is 2.00 bits per heavy atom. The van der Waals surface area contributed by atoms with Gasteiger partial charge in [0.15, 0.2) is 0 Å². The van der Waals surface area contributed by atoms with Crippen LogP contribution in [-0.2, 0) is 11.2 Å². The van der Waals surface area contributed by atoms with Crippen LogP contribution >= 0.6 is 0 Å². The maximum atomic E-state index is 11.2. The van der Waals surface area contributed by atoms with Gasteiger partial charge in [-0.3, -0.25) is 4.79 Å². The first-order valence-corrected chi connectivity index (χ1v) is 3.85. The minimum absolute atomic E-state index is 0.126. The van der Waals surface area contributed by atoms with E-state index in [0.717, 1.165) is 5.56 Å². The molecule has 0 N–H and O–H groups in total. The number of carbonyl (C=O) groups excluding carboxylic acids is 1. The first-order valence-electron chi connectivity index (χ1n) is 3.85. The van der Waals surface area contributed by atoms with Crippen LogP contribution in [0.3, 0.4) is 0 Å². The lowest BCUT2D eigenvalue weighted by atomic mass is 10.1. The van der Waals surface area contributed by atoms with Crippen molar-refractivity contribution in [3.8, 4) is 0 Å². The third-order valence-electron chi connectivity index (χ3n) is 1.64. The summed E-state index contributed by atoms with van der Waals surface area (Å²) < 4.78 is 0. The molecule has 63 valence electrons. The third-order valence-corrected chi connectivity index (χ3v) is 1.64. The van der Waals surface area contributed by atoms with E-state index in [1.807, 2.05) is 24.3 Å². The molecule has 2 nitrogen and oxygen atoms in total. The van der Waals surface area contributed by atoms with Crippen molar-refractivity contribution in [2.45, 2.75) is 6.42 Å². The van der Waals surface area contributed by atoms with Crippen LogP contribution < -0.4 is 0 Å². The van der Waals surface area contributed by atoms with Gasteiger partial charge in [-0.1, -0.05) is 24.3 Å². The first kappa shape index (κ1) is 8.78. The quantitative estimate of drug-likeness (QED) is 0.638. The fourth-order valence-corrected chi connectivity index (χ4v) is 0.872. The van der Waals surface area contributed by atoms with Crippen molar-refractivity contribution in [3.63, 3.8) is 0 Å². The molecule has 12 heavy (non-hydrogen) atoms. The molecule has 1 radical (unpaired) electrons. The largest absolute Gasteiger partial charge is 0.349 e. The molecule has 0 aliphatic carbocycles. The molecule has 0 saturated heterocycles. The molecule has 0 aromatic heterocycles. The average molecular weight is 162 g/mol. The number of amides is 1. The molecule has 0 saturated carbocycles. The van der Waals surface area contributed by atoms with E-state index in [1.54, 1.807) is 19.0 Å². The Morgan fingerprint density at radius 3 is 2.50 bits per heavy atom. The van der Waals surface area contributed by atoms with E-state index in [-0.39, 0.29) is 5.91 Å². The third kappa shape index (κ3) is 2.38. The Labute approximate surface area is 72.8 Å². The lowest BCUT2D eigenvalue weighted by molar-refractivity contribution is -0.127. The van der Waals surface area contributed by atoms with Gasteiger partial charge in [0, 0.05) is 14.1 Å². The Hall–Kier alpha value is -1.31. The molecule has 0 atom stereocenters. The lowest BCUT2D eigenvalue weighted by Crippen LogP contribution is -2.23. The number of nitrogens with zero attached hydrogens (tertiary/aromatic N) is 1. The molecule has 1 amide bonds. The molecule has 0 heterocycles. The van der Waals surface area contributed by atoms with Gasteiger partial charge in [-0.25, -0.2) is 0 Å². The van der Waals surface area contributed by atoms with Gasteiger partial charge < -0.3 is 4.90 Å². The van der Waals surface area contributed by atoms with Crippen molar-refractivity contribution in [1.29, 1.82) is 0 Å². The van der Waals surface area contributed by atoms with Gasteiger partial charge in [-0.15, -0.1) is 0 Å². The zero-order chi connectivity index (χ0) is 8.97. The lowest BCUT2D eigenvalue weighted by Gasteiger charge is -2.09. The van der Waals surface area contributed by atoms with Gasteiger partial charge in [-0.05, 0) is 11.6 Å². The summed E-state index contributed by atoms with van der Waals surface area (Å²) in [7, 11) is 3.52. The monoisotopic (exact) mass is 162 g/mol. The second kappa shape index (κ2) is 3.90. The molecule has 0 aliphatic rings. The molecule has 0 bridgehead atoms. The van der Waals surface area contributed by atoms with Crippen molar-refractivity contribution >= 4 is 5.91 Å². The van der Waals surface area contributed by atoms with E-state index < -0.39 is 0 Å². The molecule has 1 aromatic rings. The SMILES string of the molecule is CN(C)C(=O)Cc1cc[c]cc1. The molecular weight excluding hydrogens is 150 g/mol. The van der Waals surface area contributed by atoms with Crippen LogP contribution in [0.15, 0.2) is 24.3 Å². The van der Waals surface area contributed by atoms with Gasteiger partial charge >= 0.3 is 0 Å². The molecule has 0 spiro atoms. The number of hydrogen-bond acceptors (Lipinski definition) is 1. The summed E-state index contributed by atoms with van der Waals surface area (Å²) in [5.41, 5.74) is 1.03. The molecule has 0 fully saturated rings. The zero-order valence-electron chi connectivity index (χ0n) is 7.37. The summed E-state index contributed by atoms with van der Waals surface area (Å²) >= 11 is 0. The molecular formula is C10H12NO. The second-order valence-corrected chi connectivity index (χ2v) is 2.87. The molecule has 1 aromatic carbocycles. The Balaban J connectivity index is 2.59. The van der Waals surface area contributed by atoms with Crippen molar-refractivity contribution in [3.05, 3.63) is 35.9 Å². The summed E-state index contributed by atoms with van der Waals surface area (Å²) in [6.07, 6.45) is 0.474. The van der Waals surface area contributed by atoms with Gasteiger partial charge in [0.1, 0.15) is 0 Å². The fraction of sp³-hybridized carbons (Fsp3) is 0.300. The molecule has 0 unspecified atom stereocenters. The normalized spacial score (nSPS) is 9.50. The number of hydrogen-bond donors (Lipinski definition) is 0. The highest BCUT2D eigenvalue weighted by atomic mass is 16.2. The predicted molar refractivity (Wildman–Crippen MR) is 47.7 cm³/mol. The van der Waals surface area contributed by atoms with Crippen LogP contribution in [0, 0.1) is 6.07 Å². The Kier molecular flexibility index (Phi) is 2.86. The van der Waals surface area contributed by atoms with Crippen molar-refractivity contribution in [2.75, 3.05) is 14.1 Å². The topological polar surface area (TPSA) is 20.3 Å². The maximum absolute atomic E-state index is 11.2. The van der Waals surface area contributed by atoms with Gasteiger partial charge in [0.25, 0.3) is 0 Å². The van der Waals surface area contributed by atoms with Crippen molar-refractivity contribution in [2.24, 2.45) is 0 Å². The van der Waals surface area contributed by atoms with Crippen LogP contribution in [0.5, 0.6) is 0 Å². The summed E-state index contributed by atoms with van der Waals surface area (Å²) in [5, 5.41) is 0. The van der Waals surface area contributed by atoms with E-state index >= 15 is 0 Å². The summed E-state index contributed by atoms with van der Waals surface area (Å²) in [6, 6.07) is 10.4. The van der Waals surface area contributed by atoms with Crippen molar-refractivity contribution in [1.82, 2.24) is 4.90 Å².